The second-order valence-corrected chi connectivity index (χ2v) is 6.86. The van der Waals surface area contributed by atoms with E-state index in [0.717, 1.165) is 22.6 Å². The quantitative estimate of drug-likeness (QED) is 0.713. The second kappa shape index (κ2) is 6.94. The number of ether oxygens (including phenoxy) is 1. The van der Waals surface area contributed by atoms with E-state index in [4.69, 9.17) is 10.5 Å². The summed E-state index contributed by atoms with van der Waals surface area (Å²) < 4.78 is 5.82. The van der Waals surface area contributed by atoms with Crippen LogP contribution in [0.3, 0.4) is 0 Å². The number of hydrogen-bond donors (Lipinski definition) is 2. The predicted molar refractivity (Wildman–Crippen MR) is 102 cm³/mol. The number of amides is 1. The molecule has 1 amide bonds. The van der Waals surface area contributed by atoms with Gasteiger partial charge in [-0.3, -0.25) is 4.79 Å². The van der Waals surface area contributed by atoms with Gasteiger partial charge in [-0.15, -0.1) is 0 Å². The van der Waals surface area contributed by atoms with Crippen molar-refractivity contribution >= 4 is 28.1 Å². The zero-order chi connectivity index (χ0) is 18.0. The monoisotopic (exact) mass is 353 g/mol. The number of hydrogen-bond acceptors (Lipinski definition) is 5. The molecule has 0 atom stereocenters. The van der Waals surface area contributed by atoms with Gasteiger partial charge in [-0.2, -0.15) is 0 Å². The second-order valence-electron chi connectivity index (χ2n) is 5.81. The summed E-state index contributed by atoms with van der Waals surface area (Å²) in [4.78, 5) is 16.6. The molecule has 0 aliphatic carbocycles. The summed E-state index contributed by atoms with van der Waals surface area (Å²) >= 11 is 1.35. The molecule has 6 heteroatoms. The minimum atomic E-state index is -0.281. The van der Waals surface area contributed by atoms with Crippen LogP contribution in [0.2, 0.25) is 0 Å². The summed E-state index contributed by atoms with van der Waals surface area (Å²) in [6.45, 7) is 5.77. The number of nitrogens with two attached hydrogens (primary N) is 1. The number of nitrogen functional groups attached to an aromatic ring is 1. The number of rotatable bonds is 4. The van der Waals surface area contributed by atoms with Gasteiger partial charge in [0.25, 0.3) is 5.91 Å². The van der Waals surface area contributed by atoms with Gasteiger partial charge >= 0.3 is 0 Å². The molecular formula is C19H19N3O2S. The molecule has 0 saturated carbocycles. The first-order valence-electron chi connectivity index (χ1n) is 7.82. The Morgan fingerprint density at radius 3 is 2.72 bits per heavy atom. The fourth-order valence-corrected chi connectivity index (χ4v) is 3.09. The lowest BCUT2D eigenvalue weighted by Gasteiger charge is -2.08. The van der Waals surface area contributed by atoms with E-state index in [-0.39, 0.29) is 11.7 Å². The number of aryl methyl sites for hydroxylation is 3. The van der Waals surface area contributed by atoms with Gasteiger partial charge in [0.05, 0.1) is 10.6 Å². The van der Waals surface area contributed by atoms with Crippen molar-refractivity contribution in [1.29, 1.82) is 0 Å². The van der Waals surface area contributed by atoms with Crippen molar-refractivity contribution in [1.82, 2.24) is 4.98 Å². The van der Waals surface area contributed by atoms with Crippen LogP contribution >= 0.6 is 11.3 Å². The molecule has 3 N–H and O–H groups in total. The Hall–Kier alpha value is -2.86. The first-order chi connectivity index (χ1) is 11.9. The van der Waals surface area contributed by atoms with Crippen LogP contribution in [-0.4, -0.2) is 10.9 Å². The number of thiophene rings is 1. The van der Waals surface area contributed by atoms with Crippen LogP contribution < -0.4 is 15.8 Å². The van der Waals surface area contributed by atoms with Crippen LogP contribution in [-0.2, 0) is 0 Å². The molecule has 0 unspecified atom stereocenters. The van der Waals surface area contributed by atoms with E-state index in [1.54, 1.807) is 12.1 Å². The molecule has 3 rings (SSSR count). The first kappa shape index (κ1) is 17.0. The zero-order valence-corrected chi connectivity index (χ0v) is 15.1. The van der Waals surface area contributed by atoms with Crippen molar-refractivity contribution in [3.63, 3.8) is 0 Å². The van der Waals surface area contributed by atoms with Crippen molar-refractivity contribution in [3.8, 4) is 10.8 Å². The highest BCUT2D eigenvalue weighted by atomic mass is 32.1. The molecule has 0 radical (unpaired) electrons. The maximum atomic E-state index is 12.4. The highest BCUT2D eigenvalue weighted by Crippen LogP contribution is 2.33. The average Bonchev–Trinajstić information content (AvgIpc) is 2.97. The minimum absolute atomic E-state index is 0.230. The Labute approximate surface area is 150 Å². The van der Waals surface area contributed by atoms with E-state index in [1.807, 2.05) is 51.1 Å². The zero-order valence-electron chi connectivity index (χ0n) is 14.3. The van der Waals surface area contributed by atoms with Crippen LogP contribution in [0.4, 0.5) is 10.8 Å². The van der Waals surface area contributed by atoms with Gasteiger partial charge in [0.2, 0.25) is 0 Å². The molecule has 2 aromatic heterocycles. The molecule has 5 nitrogen and oxygen atoms in total. The number of pyridine rings is 1. The number of anilines is 2. The molecule has 128 valence electrons. The smallest absolute Gasteiger partial charge is 0.260 e. The largest absolute Gasteiger partial charge is 0.447 e. The lowest BCUT2D eigenvalue weighted by atomic mass is 10.1. The van der Waals surface area contributed by atoms with Gasteiger partial charge in [0.1, 0.15) is 11.6 Å². The summed E-state index contributed by atoms with van der Waals surface area (Å²) in [5.74, 6) is 0.716. The molecule has 0 fully saturated rings. The number of nitrogens with zero attached hydrogens (tertiary/aromatic N) is 1. The fraction of sp³-hybridized carbons (Fsp3) is 0.158. The molecule has 2 heterocycles. The first-order valence-corrected chi connectivity index (χ1v) is 8.63. The van der Waals surface area contributed by atoms with Gasteiger partial charge in [0.15, 0.2) is 5.06 Å². The van der Waals surface area contributed by atoms with Crippen molar-refractivity contribution in [2.45, 2.75) is 20.8 Å². The number of carbonyl (C=O) groups excluding carboxylic acids is 1. The van der Waals surface area contributed by atoms with Gasteiger partial charge in [0, 0.05) is 5.69 Å². The molecule has 0 spiro atoms. The SMILES string of the molecule is Cc1cccc(Oc2ccc(NC(=O)c3cc(C)c(C)nc3N)s2)c1. The van der Waals surface area contributed by atoms with Crippen molar-refractivity contribution in [3.05, 3.63) is 64.8 Å². The molecule has 0 aliphatic rings. The van der Waals surface area contributed by atoms with Crippen molar-refractivity contribution < 1.29 is 9.53 Å². The van der Waals surface area contributed by atoms with Crippen LogP contribution in [0.15, 0.2) is 42.5 Å². The van der Waals surface area contributed by atoms with E-state index >= 15 is 0 Å². The van der Waals surface area contributed by atoms with Crippen LogP contribution in [0.1, 0.15) is 27.2 Å². The Kier molecular flexibility index (Phi) is 4.72. The molecular weight excluding hydrogens is 334 g/mol. The topological polar surface area (TPSA) is 77.2 Å². The van der Waals surface area contributed by atoms with E-state index in [1.165, 1.54) is 11.3 Å². The maximum absolute atomic E-state index is 12.4. The third kappa shape index (κ3) is 3.97. The molecule has 0 saturated heterocycles. The van der Waals surface area contributed by atoms with Crippen LogP contribution in [0, 0.1) is 20.8 Å². The Balaban J connectivity index is 1.73. The van der Waals surface area contributed by atoms with E-state index in [0.29, 0.717) is 15.6 Å². The van der Waals surface area contributed by atoms with E-state index in [2.05, 4.69) is 10.3 Å². The highest BCUT2D eigenvalue weighted by Gasteiger charge is 2.14. The normalized spacial score (nSPS) is 10.5. The van der Waals surface area contributed by atoms with Gasteiger partial charge in [-0.25, -0.2) is 4.98 Å². The molecule has 25 heavy (non-hydrogen) atoms. The number of nitrogens with one attached hydrogen (secondary N) is 1. The van der Waals surface area contributed by atoms with E-state index < -0.39 is 0 Å². The van der Waals surface area contributed by atoms with Crippen LogP contribution in [0.25, 0.3) is 0 Å². The minimum Gasteiger partial charge on any atom is -0.447 e. The molecule has 1 aromatic carbocycles. The van der Waals surface area contributed by atoms with Gasteiger partial charge in [-0.05, 0) is 62.2 Å². The average molecular weight is 353 g/mol. The Morgan fingerprint density at radius 2 is 1.96 bits per heavy atom. The van der Waals surface area contributed by atoms with Crippen LogP contribution in [0.5, 0.6) is 10.8 Å². The molecule has 0 aliphatic heterocycles. The fourth-order valence-electron chi connectivity index (χ4n) is 2.32. The predicted octanol–water partition coefficient (Wildman–Crippen LogP) is 4.70. The highest BCUT2D eigenvalue weighted by molar-refractivity contribution is 7.18. The van der Waals surface area contributed by atoms with Crippen molar-refractivity contribution in [2.75, 3.05) is 11.1 Å². The maximum Gasteiger partial charge on any atom is 0.260 e. The summed E-state index contributed by atoms with van der Waals surface area (Å²) in [6.07, 6.45) is 0. The van der Waals surface area contributed by atoms with E-state index in [9.17, 15) is 4.79 Å². The standard InChI is InChI=1S/C19H19N3O2S/c1-11-5-4-6-14(9-11)24-17-8-7-16(25-17)22-19(23)15-10-12(2)13(3)21-18(15)20/h4-10H,1-3H3,(H2,20,21)(H,22,23). The van der Waals surface area contributed by atoms with Gasteiger partial charge < -0.3 is 15.8 Å². The number of benzene rings is 1. The molecule has 0 bridgehead atoms. The summed E-state index contributed by atoms with van der Waals surface area (Å²) in [6, 6.07) is 13.2. The van der Waals surface area contributed by atoms with Gasteiger partial charge in [-0.1, -0.05) is 23.5 Å². The third-order valence-electron chi connectivity index (χ3n) is 3.77. The lowest BCUT2D eigenvalue weighted by molar-refractivity contribution is 0.102. The number of carbonyl (C=O) groups is 1. The van der Waals surface area contributed by atoms with Crippen molar-refractivity contribution in [2.24, 2.45) is 0 Å². The lowest BCUT2D eigenvalue weighted by Crippen LogP contribution is -2.15. The Bertz CT molecular complexity index is 934. The molecule has 3 aromatic rings. The summed E-state index contributed by atoms with van der Waals surface area (Å²) in [7, 11) is 0. The third-order valence-corrected chi connectivity index (χ3v) is 4.64. The summed E-state index contributed by atoms with van der Waals surface area (Å²) in [5, 5.41) is 4.23. The number of aromatic nitrogens is 1. The summed E-state index contributed by atoms with van der Waals surface area (Å²) in [5.41, 5.74) is 9.11. The Morgan fingerprint density at radius 1 is 1.16 bits per heavy atom.